The molecule has 1 aromatic rings. The van der Waals surface area contributed by atoms with Crippen molar-refractivity contribution in [3.05, 3.63) is 23.2 Å². The lowest BCUT2D eigenvalue weighted by Gasteiger charge is -2.28. The van der Waals surface area contributed by atoms with Crippen LogP contribution in [0.2, 0.25) is 5.02 Å². The molecule has 0 unspecified atom stereocenters. The van der Waals surface area contributed by atoms with Gasteiger partial charge >= 0.3 is 6.03 Å². The van der Waals surface area contributed by atoms with Crippen molar-refractivity contribution in [2.24, 2.45) is 5.92 Å². The van der Waals surface area contributed by atoms with E-state index in [4.69, 9.17) is 16.3 Å². The van der Waals surface area contributed by atoms with Gasteiger partial charge in [-0.15, -0.1) is 0 Å². The molecule has 1 aliphatic rings. The minimum absolute atomic E-state index is 0.201. The molecule has 25 heavy (non-hydrogen) atoms. The molecular weight excluding hydrogens is 342 g/mol. The molecule has 2 atom stereocenters. The van der Waals surface area contributed by atoms with Gasteiger partial charge in [0.05, 0.1) is 23.4 Å². The van der Waals surface area contributed by atoms with Crippen LogP contribution < -0.4 is 16.0 Å². The maximum absolute atomic E-state index is 11.9. The summed E-state index contributed by atoms with van der Waals surface area (Å²) < 4.78 is 5.86. The zero-order valence-corrected chi connectivity index (χ0v) is 15.5. The largest absolute Gasteiger partial charge is 0.376 e. The van der Waals surface area contributed by atoms with Gasteiger partial charge in [0.15, 0.2) is 0 Å². The molecule has 138 valence electrons. The fourth-order valence-electron chi connectivity index (χ4n) is 2.96. The number of halogens is 1. The Morgan fingerprint density at radius 3 is 2.68 bits per heavy atom. The van der Waals surface area contributed by atoms with Gasteiger partial charge in [-0.05, 0) is 37.0 Å². The average molecular weight is 368 g/mol. The number of ether oxygens (including phenoxy) is 1. The lowest BCUT2D eigenvalue weighted by Crippen LogP contribution is -2.34. The number of rotatable bonds is 6. The van der Waals surface area contributed by atoms with Crippen LogP contribution in [0.1, 0.15) is 39.5 Å². The quantitative estimate of drug-likeness (QED) is 0.664. The second-order valence-corrected chi connectivity index (χ2v) is 6.83. The van der Waals surface area contributed by atoms with Gasteiger partial charge < -0.3 is 20.7 Å². The number of benzene rings is 1. The lowest BCUT2D eigenvalue weighted by atomic mass is 9.88. The smallest absolute Gasteiger partial charge is 0.319 e. The Bertz CT molecular complexity index is 609. The average Bonchev–Trinajstić information content (AvgIpc) is 2.55. The summed E-state index contributed by atoms with van der Waals surface area (Å²) in [6, 6.07) is 4.60. The van der Waals surface area contributed by atoms with Crippen molar-refractivity contribution in [1.82, 2.24) is 5.32 Å². The minimum atomic E-state index is -0.316. The lowest BCUT2D eigenvalue weighted by molar-refractivity contribution is -0.114. The van der Waals surface area contributed by atoms with Gasteiger partial charge in [0.2, 0.25) is 5.91 Å². The van der Waals surface area contributed by atoms with Gasteiger partial charge in [-0.3, -0.25) is 4.79 Å². The standard InChI is InChI=1S/C18H26ClN3O3/c1-12-5-3-4-6-17(12)25-10-9-20-18(24)22-14-7-8-16(15(19)11-14)21-13(2)23/h7-8,11-12,17H,3-6,9-10H2,1-2H3,(H,21,23)(H2,20,22,24)/t12-,17+/m1/s1. The highest BCUT2D eigenvalue weighted by atomic mass is 35.5. The number of nitrogens with one attached hydrogen (secondary N) is 3. The van der Waals surface area contributed by atoms with Crippen molar-refractivity contribution in [1.29, 1.82) is 0 Å². The van der Waals surface area contributed by atoms with E-state index in [-0.39, 0.29) is 11.9 Å². The molecule has 0 saturated heterocycles. The molecule has 1 aromatic carbocycles. The monoisotopic (exact) mass is 367 g/mol. The van der Waals surface area contributed by atoms with Gasteiger partial charge in [0, 0.05) is 19.2 Å². The molecule has 0 aromatic heterocycles. The normalized spacial score (nSPS) is 20.0. The molecule has 0 heterocycles. The Kier molecular flexibility index (Phi) is 7.52. The molecule has 0 bridgehead atoms. The highest BCUT2D eigenvalue weighted by Crippen LogP contribution is 2.26. The number of hydrogen-bond donors (Lipinski definition) is 3. The zero-order chi connectivity index (χ0) is 18.2. The third-order valence-corrected chi connectivity index (χ3v) is 4.60. The fraction of sp³-hybridized carbons (Fsp3) is 0.556. The van der Waals surface area contributed by atoms with E-state index in [9.17, 15) is 9.59 Å². The summed E-state index contributed by atoms with van der Waals surface area (Å²) in [5, 5.41) is 8.45. The van der Waals surface area contributed by atoms with Crippen molar-refractivity contribution >= 4 is 34.9 Å². The van der Waals surface area contributed by atoms with E-state index < -0.39 is 0 Å². The van der Waals surface area contributed by atoms with Crippen molar-refractivity contribution in [2.75, 3.05) is 23.8 Å². The van der Waals surface area contributed by atoms with Crippen LogP contribution in [0, 0.1) is 5.92 Å². The van der Waals surface area contributed by atoms with Gasteiger partial charge in [-0.2, -0.15) is 0 Å². The van der Waals surface area contributed by atoms with Crippen LogP contribution in [0.25, 0.3) is 0 Å². The number of urea groups is 1. The molecule has 7 heteroatoms. The molecule has 1 saturated carbocycles. The summed E-state index contributed by atoms with van der Waals surface area (Å²) in [5.41, 5.74) is 1.06. The zero-order valence-electron chi connectivity index (χ0n) is 14.7. The van der Waals surface area contributed by atoms with Crippen molar-refractivity contribution < 1.29 is 14.3 Å². The maximum Gasteiger partial charge on any atom is 0.319 e. The molecule has 0 spiro atoms. The maximum atomic E-state index is 11.9. The van der Waals surface area contributed by atoms with Crippen molar-refractivity contribution in [2.45, 2.75) is 45.6 Å². The van der Waals surface area contributed by atoms with Crippen LogP contribution in [0.4, 0.5) is 16.2 Å². The Morgan fingerprint density at radius 2 is 2.00 bits per heavy atom. The molecule has 0 radical (unpaired) electrons. The summed E-state index contributed by atoms with van der Waals surface area (Å²) in [7, 11) is 0. The number of anilines is 2. The molecular formula is C18H26ClN3O3. The minimum Gasteiger partial charge on any atom is -0.376 e. The first-order chi connectivity index (χ1) is 12.0. The van der Waals surface area contributed by atoms with E-state index in [0.717, 1.165) is 6.42 Å². The molecule has 1 aliphatic carbocycles. The molecule has 1 fully saturated rings. The fourth-order valence-corrected chi connectivity index (χ4v) is 3.19. The Hall–Kier alpha value is -1.79. The van der Waals surface area contributed by atoms with Crippen LogP contribution in [0.5, 0.6) is 0 Å². The third kappa shape index (κ3) is 6.55. The molecule has 3 amide bonds. The second-order valence-electron chi connectivity index (χ2n) is 6.43. The topological polar surface area (TPSA) is 79.5 Å². The number of carbonyl (C=O) groups is 2. The van der Waals surface area contributed by atoms with Crippen LogP contribution in [-0.2, 0) is 9.53 Å². The van der Waals surface area contributed by atoms with E-state index in [1.165, 1.54) is 26.2 Å². The summed E-state index contributed by atoms with van der Waals surface area (Å²) in [4.78, 5) is 23.0. The van der Waals surface area contributed by atoms with E-state index in [1.807, 2.05) is 0 Å². The summed E-state index contributed by atoms with van der Waals surface area (Å²) in [6.07, 6.45) is 5.13. The first kappa shape index (κ1) is 19.5. The van der Waals surface area contributed by atoms with Gasteiger partial charge in [-0.25, -0.2) is 4.79 Å². The Morgan fingerprint density at radius 1 is 1.24 bits per heavy atom. The van der Waals surface area contributed by atoms with E-state index in [2.05, 4.69) is 22.9 Å². The molecule has 0 aliphatic heterocycles. The predicted octanol–water partition coefficient (Wildman–Crippen LogP) is 4.02. The van der Waals surface area contributed by atoms with Gasteiger partial charge in [0.25, 0.3) is 0 Å². The van der Waals surface area contributed by atoms with Crippen molar-refractivity contribution in [3.8, 4) is 0 Å². The summed E-state index contributed by atoms with van der Waals surface area (Å²) in [5.74, 6) is 0.388. The Labute approximate surface area is 153 Å². The number of carbonyl (C=O) groups excluding carboxylic acids is 2. The number of hydrogen-bond acceptors (Lipinski definition) is 3. The predicted molar refractivity (Wildman–Crippen MR) is 100 cm³/mol. The highest BCUT2D eigenvalue weighted by molar-refractivity contribution is 6.34. The molecule has 2 rings (SSSR count). The van der Waals surface area contributed by atoms with Gasteiger partial charge in [-0.1, -0.05) is 31.4 Å². The van der Waals surface area contributed by atoms with Gasteiger partial charge in [0.1, 0.15) is 0 Å². The van der Waals surface area contributed by atoms with E-state index in [1.54, 1.807) is 18.2 Å². The van der Waals surface area contributed by atoms with Crippen LogP contribution >= 0.6 is 11.6 Å². The SMILES string of the molecule is CC(=O)Nc1ccc(NC(=O)NCCO[C@H]2CCCC[C@H]2C)cc1Cl. The Balaban J connectivity index is 1.71. The molecule has 3 N–H and O–H groups in total. The first-order valence-electron chi connectivity index (χ1n) is 8.69. The summed E-state index contributed by atoms with van der Waals surface area (Å²) in [6.45, 7) is 4.59. The van der Waals surface area contributed by atoms with Crippen LogP contribution in [-0.4, -0.2) is 31.2 Å². The molecule has 6 nitrogen and oxygen atoms in total. The third-order valence-electron chi connectivity index (χ3n) is 4.29. The van der Waals surface area contributed by atoms with Crippen molar-refractivity contribution in [3.63, 3.8) is 0 Å². The second kappa shape index (κ2) is 9.63. The van der Waals surface area contributed by atoms with Crippen LogP contribution in [0.15, 0.2) is 18.2 Å². The number of amides is 3. The summed E-state index contributed by atoms with van der Waals surface area (Å²) >= 11 is 6.08. The highest BCUT2D eigenvalue weighted by Gasteiger charge is 2.21. The van der Waals surface area contributed by atoms with E-state index in [0.29, 0.717) is 41.6 Å². The first-order valence-corrected chi connectivity index (χ1v) is 9.07. The van der Waals surface area contributed by atoms with Crippen LogP contribution in [0.3, 0.4) is 0 Å². The van der Waals surface area contributed by atoms with E-state index >= 15 is 0 Å².